The average Bonchev–Trinajstić information content (AvgIpc) is 2.83. The molecule has 1 saturated carbocycles. The van der Waals surface area contributed by atoms with Crippen molar-refractivity contribution in [1.82, 2.24) is 0 Å². The van der Waals surface area contributed by atoms with E-state index in [0.29, 0.717) is 18.6 Å². The van der Waals surface area contributed by atoms with Crippen LogP contribution in [0.3, 0.4) is 0 Å². The van der Waals surface area contributed by atoms with E-state index in [4.69, 9.17) is 4.74 Å². The Labute approximate surface area is 197 Å². The van der Waals surface area contributed by atoms with Gasteiger partial charge in [-0.1, -0.05) is 70.1 Å². The Morgan fingerprint density at radius 3 is 2.15 bits per heavy atom. The summed E-state index contributed by atoms with van der Waals surface area (Å²) in [5.41, 5.74) is 1.83. The second kappa shape index (κ2) is 13.5. The number of aryl methyl sites for hydroxylation is 2. The van der Waals surface area contributed by atoms with E-state index in [1.807, 2.05) is 24.3 Å². The Kier molecular flexibility index (Phi) is 10.4. The molecule has 2 aromatic rings. The number of carbonyl (C=O) groups excluding carboxylic acids is 1. The molecule has 4 heteroatoms. The Balaban J connectivity index is 1.35. The van der Waals surface area contributed by atoms with Crippen LogP contribution in [0.1, 0.15) is 88.7 Å². The van der Waals surface area contributed by atoms with Crippen LogP contribution in [0.15, 0.2) is 42.5 Å². The molecule has 1 fully saturated rings. The highest BCUT2D eigenvalue weighted by molar-refractivity contribution is 5.75. The summed E-state index contributed by atoms with van der Waals surface area (Å²) in [5, 5.41) is 0. The SMILES string of the molecule is CCCCCCCCC1CCC(C(=O)Oc2ccc(CCc3ccc(F)c(F)c3)cc2)CC1. The van der Waals surface area contributed by atoms with Crippen molar-refractivity contribution in [3.8, 4) is 5.75 Å². The van der Waals surface area contributed by atoms with Gasteiger partial charge in [0.15, 0.2) is 11.6 Å². The van der Waals surface area contributed by atoms with Crippen LogP contribution in [0.4, 0.5) is 8.78 Å². The average molecular weight is 457 g/mol. The third kappa shape index (κ3) is 8.57. The minimum atomic E-state index is -0.823. The van der Waals surface area contributed by atoms with Crippen LogP contribution < -0.4 is 4.74 Å². The molecule has 0 amide bonds. The molecular formula is C29H38F2O2. The smallest absolute Gasteiger partial charge is 0.314 e. The van der Waals surface area contributed by atoms with Crippen molar-refractivity contribution in [2.75, 3.05) is 0 Å². The molecule has 0 atom stereocenters. The largest absolute Gasteiger partial charge is 0.426 e. The van der Waals surface area contributed by atoms with Crippen molar-refractivity contribution < 1.29 is 18.3 Å². The molecule has 3 rings (SSSR count). The van der Waals surface area contributed by atoms with Gasteiger partial charge < -0.3 is 4.74 Å². The minimum Gasteiger partial charge on any atom is -0.426 e. The van der Waals surface area contributed by atoms with E-state index in [1.54, 1.807) is 6.07 Å². The minimum absolute atomic E-state index is 0.0128. The summed E-state index contributed by atoms with van der Waals surface area (Å²) in [7, 11) is 0. The number of carbonyl (C=O) groups is 1. The van der Waals surface area contributed by atoms with Crippen molar-refractivity contribution in [3.63, 3.8) is 0 Å². The highest BCUT2D eigenvalue weighted by Gasteiger charge is 2.27. The lowest BCUT2D eigenvalue weighted by atomic mass is 9.80. The van der Waals surface area contributed by atoms with Crippen LogP contribution in [0.5, 0.6) is 5.75 Å². The van der Waals surface area contributed by atoms with E-state index in [-0.39, 0.29) is 11.9 Å². The monoisotopic (exact) mass is 456 g/mol. The van der Waals surface area contributed by atoms with Crippen LogP contribution in [-0.4, -0.2) is 5.97 Å². The third-order valence-electron chi connectivity index (χ3n) is 6.97. The fraction of sp³-hybridized carbons (Fsp3) is 0.552. The summed E-state index contributed by atoms with van der Waals surface area (Å²) in [4.78, 5) is 12.6. The normalized spacial score (nSPS) is 18.3. The number of ether oxygens (including phenoxy) is 1. The number of hydrogen-bond donors (Lipinski definition) is 0. The molecule has 2 nitrogen and oxygen atoms in total. The van der Waals surface area contributed by atoms with E-state index >= 15 is 0 Å². The second-order valence-corrected chi connectivity index (χ2v) is 9.59. The first-order chi connectivity index (χ1) is 16.0. The second-order valence-electron chi connectivity index (χ2n) is 9.59. The Morgan fingerprint density at radius 2 is 1.45 bits per heavy atom. The van der Waals surface area contributed by atoms with Gasteiger partial charge in [0.25, 0.3) is 0 Å². The maximum absolute atomic E-state index is 13.3. The zero-order valence-electron chi connectivity index (χ0n) is 20.0. The van der Waals surface area contributed by atoms with Crippen LogP contribution in [0, 0.1) is 23.5 Å². The van der Waals surface area contributed by atoms with Gasteiger partial charge in [-0.05, 0) is 79.8 Å². The van der Waals surface area contributed by atoms with Crippen molar-refractivity contribution >= 4 is 5.97 Å². The van der Waals surface area contributed by atoms with Crippen molar-refractivity contribution in [2.24, 2.45) is 11.8 Å². The van der Waals surface area contributed by atoms with Gasteiger partial charge in [-0.3, -0.25) is 4.79 Å². The lowest BCUT2D eigenvalue weighted by molar-refractivity contribution is -0.140. The quantitative estimate of drug-likeness (QED) is 0.183. The predicted molar refractivity (Wildman–Crippen MR) is 129 cm³/mol. The van der Waals surface area contributed by atoms with E-state index in [0.717, 1.165) is 48.8 Å². The number of unbranched alkanes of at least 4 members (excludes halogenated alkanes) is 5. The molecule has 2 aromatic carbocycles. The van der Waals surface area contributed by atoms with Crippen LogP contribution in [0.2, 0.25) is 0 Å². The predicted octanol–water partition coefficient (Wildman–Crippen LogP) is 8.21. The third-order valence-corrected chi connectivity index (χ3v) is 6.97. The number of hydrogen-bond acceptors (Lipinski definition) is 2. The Morgan fingerprint density at radius 1 is 0.818 bits per heavy atom. The molecule has 0 bridgehead atoms. The topological polar surface area (TPSA) is 26.3 Å². The Bertz CT molecular complexity index is 854. The summed E-state index contributed by atoms with van der Waals surface area (Å²) < 4.78 is 32.0. The maximum atomic E-state index is 13.3. The first-order valence-electron chi connectivity index (χ1n) is 12.8. The first-order valence-corrected chi connectivity index (χ1v) is 12.8. The molecule has 1 aliphatic carbocycles. The Hall–Kier alpha value is -2.23. The van der Waals surface area contributed by atoms with Gasteiger partial charge in [-0.2, -0.15) is 0 Å². The summed E-state index contributed by atoms with van der Waals surface area (Å²) in [5.74, 6) is -0.385. The number of rotatable bonds is 12. The molecule has 180 valence electrons. The van der Waals surface area contributed by atoms with Gasteiger partial charge >= 0.3 is 5.97 Å². The zero-order valence-corrected chi connectivity index (χ0v) is 20.0. The van der Waals surface area contributed by atoms with Crippen molar-refractivity contribution in [1.29, 1.82) is 0 Å². The lowest BCUT2D eigenvalue weighted by Crippen LogP contribution is -2.25. The van der Waals surface area contributed by atoms with Gasteiger partial charge in [0.2, 0.25) is 0 Å². The fourth-order valence-electron chi connectivity index (χ4n) is 4.81. The van der Waals surface area contributed by atoms with Crippen molar-refractivity contribution in [3.05, 3.63) is 65.2 Å². The first kappa shape index (κ1) is 25.4. The van der Waals surface area contributed by atoms with Crippen LogP contribution in [0.25, 0.3) is 0 Å². The summed E-state index contributed by atoms with van der Waals surface area (Å²) in [6, 6.07) is 11.5. The lowest BCUT2D eigenvalue weighted by Gasteiger charge is -2.27. The van der Waals surface area contributed by atoms with Gasteiger partial charge in [0.1, 0.15) is 5.75 Å². The van der Waals surface area contributed by atoms with E-state index in [9.17, 15) is 13.6 Å². The molecule has 1 aliphatic rings. The van der Waals surface area contributed by atoms with Gasteiger partial charge in [0.05, 0.1) is 5.92 Å². The molecule has 0 saturated heterocycles. The highest BCUT2D eigenvalue weighted by atomic mass is 19.2. The van der Waals surface area contributed by atoms with E-state index < -0.39 is 11.6 Å². The number of esters is 1. The van der Waals surface area contributed by atoms with Gasteiger partial charge in [-0.15, -0.1) is 0 Å². The molecule has 0 aromatic heterocycles. The zero-order chi connectivity index (χ0) is 23.5. The number of benzene rings is 2. The van der Waals surface area contributed by atoms with Gasteiger partial charge in [-0.25, -0.2) is 8.78 Å². The molecule has 0 spiro atoms. The molecule has 0 unspecified atom stereocenters. The molecule has 0 N–H and O–H groups in total. The fourth-order valence-corrected chi connectivity index (χ4v) is 4.81. The maximum Gasteiger partial charge on any atom is 0.314 e. The molecule has 0 aliphatic heterocycles. The summed E-state index contributed by atoms with van der Waals surface area (Å²) in [6.45, 7) is 2.25. The molecule has 0 radical (unpaired) electrons. The molecular weight excluding hydrogens is 418 g/mol. The van der Waals surface area contributed by atoms with E-state index in [1.165, 1.54) is 51.0 Å². The van der Waals surface area contributed by atoms with Gasteiger partial charge in [0, 0.05) is 0 Å². The van der Waals surface area contributed by atoms with E-state index in [2.05, 4.69) is 6.92 Å². The summed E-state index contributed by atoms with van der Waals surface area (Å²) in [6.07, 6.45) is 14.8. The molecule has 33 heavy (non-hydrogen) atoms. The molecule has 0 heterocycles. The van der Waals surface area contributed by atoms with Crippen LogP contribution in [-0.2, 0) is 17.6 Å². The number of halogens is 2. The highest BCUT2D eigenvalue weighted by Crippen LogP contribution is 2.33. The standard InChI is InChI=1S/C29H38F2O2/c1-2-3-4-5-6-7-8-22-11-16-25(17-12-22)29(32)33-26-18-13-23(14-19-26)9-10-24-15-20-27(30)28(31)21-24/h13-15,18-22,25H,2-12,16-17H2,1H3. The van der Waals surface area contributed by atoms with Crippen molar-refractivity contribution in [2.45, 2.75) is 90.4 Å². The summed E-state index contributed by atoms with van der Waals surface area (Å²) >= 11 is 0. The van der Waals surface area contributed by atoms with Crippen LogP contribution >= 0.6 is 0 Å².